The largest absolute Gasteiger partial charge is 0.481 e. The molecule has 0 saturated heterocycles. The second-order valence-electron chi connectivity index (χ2n) is 6.09. The molecule has 1 rings (SSSR count). The van der Waals surface area contributed by atoms with E-state index in [1.807, 2.05) is 0 Å². The van der Waals surface area contributed by atoms with Gasteiger partial charge in [0.2, 0.25) is 5.95 Å². The van der Waals surface area contributed by atoms with Crippen molar-refractivity contribution in [2.45, 2.75) is 40.0 Å². The van der Waals surface area contributed by atoms with Crippen LogP contribution in [0.2, 0.25) is 0 Å². The van der Waals surface area contributed by atoms with Gasteiger partial charge in [0.1, 0.15) is 0 Å². The second kappa shape index (κ2) is 4.92. The number of carbonyl (C=O) groups is 1. The summed E-state index contributed by atoms with van der Waals surface area (Å²) in [4.78, 5) is 19.3. The number of anilines is 1. The lowest BCUT2D eigenvalue weighted by Crippen LogP contribution is -2.32. The molecule has 1 heterocycles. The molecule has 18 heavy (non-hydrogen) atoms. The summed E-state index contributed by atoms with van der Waals surface area (Å²) in [6.07, 6.45) is 3.53. The Hall–Kier alpha value is -1.65. The lowest BCUT2D eigenvalue weighted by atomic mass is 9.89. The van der Waals surface area contributed by atoms with Crippen LogP contribution in [0.1, 0.15) is 40.2 Å². The maximum absolute atomic E-state index is 10.9. The van der Waals surface area contributed by atoms with Gasteiger partial charge in [-0.3, -0.25) is 4.79 Å². The fraction of sp³-hybridized carbons (Fsp3) is 0.615. The topological polar surface area (TPSA) is 75.1 Å². The zero-order valence-electron chi connectivity index (χ0n) is 11.6. The van der Waals surface area contributed by atoms with Crippen LogP contribution < -0.4 is 5.32 Å². The van der Waals surface area contributed by atoms with Gasteiger partial charge in [-0.2, -0.15) is 0 Å². The highest BCUT2D eigenvalue weighted by Gasteiger charge is 2.27. The number of rotatable bonds is 4. The summed E-state index contributed by atoms with van der Waals surface area (Å²) in [5.74, 6) is -0.390. The molecule has 0 radical (unpaired) electrons. The normalized spacial score (nSPS) is 12.3. The minimum absolute atomic E-state index is 0.0128. The highest BCUT2D eigenvalue weighted by Crippen LogP contribution is 2.21. The second-order valence-corrected chi connectivity index (χ2v) is 6.09. The molecule has 5 heteroatoms. The molecule has 0 unspecified atom stereocenters. The molecule has 0 aliphatic heterocycles. The number of hydrogen-bond acceptors (Lipinski definition) is 4. The fourth-order valence-electron chi connectivity index (χ4n) is 1.18. The van der Waals surface area contributed by atoms with Gasteiger partial charge in [0.15, 0.2) is 0 Å². The zero-order valence-corrected chi connectivity index (χ0v) is 11.6. The van der Waals surface area contributed by atoms with E-state index in [0.717, 1.165) is 5.56 Å². The van der Waals surface area contributed by atoms with E-state index in [2.05, 4.69) is 36.1 Å². The predicted octanol–water partition coefficient (Wildman–Crippen LogP) is 2.30. The predicted molar refractivity (Wildman–Crippen MR) is 70.6 cm³/mol. The number of nitrogens with zero attached hydrogens (tertiary/aromatic N) is 2. The number of nitrogens with one attached hydrogen (secondary N) is 1. The third-order valence-electron chi connectivity index (χ3n) is 2.79. The summed E-state index contributed by atoms with van der Waals surface area (Å²) in [7, 11) is 0. The third-order valence-corrected chi connectivity index (χ3v) is 2.79. The summed E-state index contributed by atoms with van der Waals surface area (Å²) in [6.45, 7) is 9.87. The molecule has 0 aromatic carbocycles. The minimum atomic E-state index is -0.846. The van der Waals surface area contributed by atoms with Gasteiger partial charge in [-0.15, -0.1) is 0 Å². The summed E-state index contributed by atoms with van der Waals surface area (Å²) in [5.41, 5.74) is 0.218. The van der Waals surface area contributed by atoms with Gasteiger partial charge in [-0.05, 0) is 24.8 Å². The molecule has 0 atom stereocenters. The number of carboxylic acid groups (broad SMARTS) is 1. The van der Waals surface area contributed by atoms with Crippen molar-refractivity contribution in [3.05, 3.63) is 18.0 Å². The van der Waals surface area contributed by atoms with Crippen molar-refractivity contribution in [3.63, 3.8) is 0 Å². The Morgan fingerprint density at radius 2 is 1.72 bits per heavy atom. The van der Waals surface area contributed by atoms with Crippen LogP contribution in [0.3, 0.4) is 0 Å². The number of aromatic nitrogens is 2. The molecule has 0 aliphatic carbocycles. The molecule has 0 aliphatic rings. The van der Waals surface area contributed by atoms with E-state index in [-0.39, 0.29) is 12.0 Å². The Balaban J connectivity index is 2.68. The van der Waals surface area contributed by atoms with E-state index < -0.39 is 11.4 Å². The number of carboxylic acids is 1. The van der Waals surface area contributed by atoms with Crippen molar-refractivity contribution >= 4 is 11.9 Å². The molecule has 0 bridgehead atoms. The molecular formula is C13H21N3O2. The van der Waals surface area contributed by atoms with Crippen molar-refractivity contribution in [1.82, 2.24) is 9.97 Å². The van der Waals surface area contributed by atoms with Gasteiger partial charge in [0.05, 0.1) is 5.41 Å². The molecule has 0 amide bonds. The average Bonchev–Trinajstić information content (AvgIpc) is 2.25. The molecular weight excluding hydrogens is 230 g/mol. The number of hydrogen-bond donors (Lipinski definition) is 2. The van der Waals surface area contributed by atoms with Crippen LogP contribution in [0.15, 0.2) is 12.4 Å². The number of aliphatic carboxylic acids is 1. The van der Waals surface area contributed by atoms with Crippen LogP contribution >= 0.6 is 0 Å². The first-order chi connectivity index (χ1) is 8.13. The average molecular weight is 251 g/mol. The smallest absolute Gasteiger partial charge is 0.310 e. The van der Waals surface area contributed by atoms with E-state index in [1.54, 1.807) is 26.2 Å². The van der Waals surface area contributed by atoms with E-state index >= 15 is 0 Å². The molecule has 1 aromatic rings. The highest BCUT2D eigenvalue weighted by molar-refractivity contribution is 5.74. The standard InChI is InChI=1S/C13H21N3O2/c1-12(2,3)9-6-14-11(15-7-9)16-8-13(4,5)10(17)18/h6-7H,8H2,1-5H3,(H,17,18)(H,14,15,16). The van der Waals surface area contributed by atoms with Crippen LogP contribution in [-0.4, -0.2) is 27.6 Å². The van der Waals surface area contributed by atoms with Gasteiger partial charge in [-0.1, -0.05) is 20.8 Å². The maximum Gasteiger partial charge on any atom is 0.310 e. The summed E-state index contributed by atoms with van der Waals surface area (Å²) < 4.78 is 0. The van der Waals surface area contributed by atoms with Crippen molar-refractivity contribution in [2.75, 3.05) is 11.9 Å². The van der Waals surface area contributed by atoms with Gasteiger partial charge in [-0.25, -0.2) is 9.97 Å². The van der Waals surface area contributed by atoms with Gasteiger partial charge in [0, 0.05) is 18.9 Å². The van der Waals surface area contributed by atoms with Crippen molar-refractivity contribution in [2.24, 2.45) is 5.41 Å². The molecule has 0 fully saturated rings. The van der Waals surface area contributed by atoms with Crippen LogP contribution in [0.5, 0.6) is 0 Å². The molecule has 0 saturated carbocycles. The quantitative estimate of drug-likeness (QED) is 0.858. The summed E-state index contributed by atoms with van der Waals surface area (Å²) in [5, 5.41) is 11.9. The van der Waals surface area contributed by atoms with Crippen LogP contribution in [0.25, 0.3) is 0 Å². The van der Waals surface area contributed by atoms with Crippen LogP contribution in [-0.2, 0) is 10.2 Å². The van der Waals surface area contributed by atoms with E-state index in [0.29, 0.717) is 5.95 Å². The Bertz CT molecular complexity index is 419. The first kappa shape index (κ1) is 14.4. The SMILES string of the molecule is CC(C)(CNc1ncc(C(C)(C)C)cn1)C(=O)O. The summed E-state index contributed by atoms with van der Waals surface area (Å²) >= 11 is 0. The molecule has 1 aromatic heterocycles. The lowest BCUT2D eigenvalue weighted by Gasteiger charge is -2.20. The van der Waals surface area contributed by atoms with Crippen molar-refractivity contribution in [3.8, 4) is 0 Å². The third kappa shape index (κ3) is 3.68. The Labute approximate surface area is 108 Å². The molecule has 100 valence electrons. The van der Waals surface area contributed by atoms with Crippen LogP contribution in [0, 0.1) is 5.41 Å². The highest BCUT2D eigenvalue weighted by atomic mass is 16.4. The van der Waals surface area contributed by atoms with E-state index in [4.69, 9.17) is 5.11 Å². The van der Waals surface area contributed by atoms with Crippen molar-refractivity contribution < 1.29 is 9.90 Å². The summed E-state index contributed by atoms with van der Waals surface area (Å²) in [6, 6.07) is 0. The lowest BCUT2D eigenvalue weighted by molar-refractivity contribution is -0.146. The van der Waals surface area contributed by atoms with Gasteiger partial charge in [0.25, 0.3) is 0 Å². The maximum atomic E-state index is 10.9. The molecule has 2 N–H and O–H groups in total. The van der Waals surface area contributed by atoms with Gasteiger partial charge >= 0.3 is 5.97 Å². The van der Waals surface area contributed by atoms with Crippen molar-refractivity contribution in [1.29, 1.82) is 0 Å². The zero-order chi connectivity index (χ0) is 14.0. The Morgan fingerprint density at radius 1 is 1.22 bits per heavy atom. The Morgan fingerprint density at radius 3 is 2.11 bits per heavy atom. The minimum Gasteiger partial charge on any atom is -0.481 e. The van der Waals surface area contributed by atoms with E-state index in [1.165, 1.54) is 0 Å². The monoisotopic (exact) mass is 251 g/mol. The van der Waals surface area contributed by atoms with Gasteiger partial charge < -0.3 is 10.4 Å². The Kier molecular flexibility index (Phi) is 3.94. The fourth-order valence-corrected chi connectivity index (χ4v) is 1.18. The molecule has 5 nitrogen and oxygen atoms in total. The molecule has 0 spiro atoms. The van der Waals surface area contributed by atoms with E-state index in [9.17, 15) is 4.79 Å². The first-order valence-electron chi connectivity index (χ1n) is 5.93. The van der Waals surface area contributed by atoms with Crippen LogP contribution in [0.4, 0.5) is 5.95 Å². The first-order valence-corrected chi connectivity index (χ1v) is 5.93.